The fourth-order valence-corrected chi connectivity index (χ4v) is 0. The third-order valence-corrected chi connectivity index (χ3v) is 0. The largest absolute Gasteiger partial charge is 0.412 e. The molecule has 0 radical (unpaired) electrons. The molecule has 0 aliphatic carbocycles. The van der Waals surface area contributed by atoms with Crippen molar-refractivity contribution in [1.82, 2.24) is 0 Å². The molecule has 0 heterocycles. The minimum absolute atomic E-state index is 0. The third kappa shape index (κ3) is 994. The maximum absolute atomic E-state index is 8.36. The zero-order valence-corrected chi connectivity index (χ0v) is 11.0. The minimum atomic E-state index is -1.75. The second kappa shape index (κ2) is 129. The first kappa shape index (κ1) is 152. The molecule has 22 heteroatoms. The molecule has 0 saturated heterocycles. The monoisotopic (exact) mass is 405 g/mol. The van der Waals surface area contributed by atoms with Crippen LogP contribution in [0.2, 0.25) is 0 Å². The van der Waals surface area contributed by atoms with Crippen molar-refractivity contribution in [1.29, 1.82) is 0 Å². The molecule has 0 aliphatic rings. The summed E-state index contributed by atoms with van der Waals surface area (Å²) in [6, 6.07) is 0. The van der Waals surface area contributed by atoms with Gasteiger partial charge in [0, 0.05) is 17.1 Å². The van der Waals surface area contributed by atoms with Crippen LogP contribution in [0.15, 0.2) is 0 Å². The Morgan fingerprint density at radius 2 is 0.500 bits per heavy atom. The van der Waals surface area contributed by atoms with Gasteiger partial charge in [-0.3, -0.25) is 0 Å². The molecule has 22 heavy (non-hydrogen) atoms. The Morgan fingerprint density at radius 3 is 0.500 bits per heavy atom. The molecular formula is H19FeN3O18-2. The van der Waals surface area contributed by atoms with Gasteiger partial charge in [-0.25, -0.2) is 0 Å². The van der Waals surface area contributed by atoms with Gasteiger partial charge < -0.3 is 85.1 Å². The van der Waals surface area contributed by atoms with Crippen LogP contribution in [0.3, 0.4) is 0 Å². The quantitative estimate of drug-likeness (QED) is 0.226. The van der Waals surface area contributed by atoms with Crippen molar-refractivity contribution in [2.24, 2.45) is 0 Å². The Labute approximate surface area is 129 Å². The van der Waals surface area contributed by atoms with Crippen molar-refractivity contribution in [2.75, 3.05) is 0 Å². The molecule has 0 fully saturated rings. The summed E-state index contributed by atoms with van der Waals surface area (Å²) in [7, 11) is 0. The molecule has 0 spiro atoms. The van der Waals surface area contributed by atoms with Gasteiger partial charge >= 0.3 is 0 Å². The van der Waals surface area contributed by atoms with Crippen LogP contribution in [-0.2, 0) is 17.1 Å². The maximum atomic E-state index is 8.36. The van der Waals surface area contributed by atoms with E-state index in [1.165, 1.54) is 0 Å². The zero-order chi connectivity index (χ0) is 10.7. The van der Waals surface area contributed by atoms with Crippen molar-refractivity contribution in [3.63, 3.8) is 0 Å². The van der Waals surface area contributed by atoms with E-state index in [-0.39, 0.29) is 66.4 Å². The Morgan fingerprint density at radius 1 is 0.500 bits per heavy atom. The average molecular weight is 405 g/mol. The van der Waals surface area contributed by atoms with Crippen molar-refractivity contribution in [3.05, 3.63) is 40.8 Å². The maximum Gasteiger partial charge on any atom is 0.291 e. The smallest absolute Gasteiger partial charge is 0.291 e. The van der Waals surface area contributed by atoms with Gasteiger partial charge in [0.1, 0.15) is 0 Å². The standard InChI is InChI=1S/Fe.HNO3.2NO3.9H2O/c;3*2-1(3)4;;;;;;;;;/h;(H,2,3,4);;;9*1H2/q;;2*-1;;;;;;;;;. The van der Waals surface area contributed by atoms with Crippen LogP contribution in [-0.4, -0.2) is 69.8 Å². The molecule has 0 amide bonds. The summed E-state index contributed by atoms with van der Waals surface area (Å²) < 4.78 is 0. The second-order valence-corrected chi connectivity index (χ2v) is 0.685. The van der Waals surface area contributed by atoms with E-state index >= 15 is 0 Å². The van der Waals surface area contributed by atoms with Crippen molar-refractivity contribution >= 4 is 0 Å². The summed E-state index contributed by atoms with van der Waals surface area (Å²) >= 11 is 0. The fourth-order valence-electron chi connectivity index (χ4n) is 0. The van der Waals surface area contributed by atoms with Crippen LogP contribution in [0.5, 0.6) is 0 Å². The Balaban J connectivity index is -0.00000000409. The average Bonchev–Trinajstić information content (AvgIpc) is 1.54. The predicted molar refractivity (Wildman–Crippen MR) is 62.0 cm³/mol. The van der Waals surface area contributed by atoms with Gasteiger partial charge in [0.25, 0.3) is 5.09 Å². The van der Waals surface area contributed by atoms with E-state index in [0.29, 0.717) is 0 Å². The molecule has 0 saturated carbocycles. The van der Waals surface area contributed by atoms with Crippen molar-refractivity contribution in [2.45, 2.75) is 0 Å². The van der Waals surface area contributed by atoms with Crippen LogP contribution >= 0.6 is 0 Å². The van der Waals surface area contributed by atoms with E-state index in [9.17, 15) is 0 Å². The summed E-state index contributed by atoms with van der Waals surface area (Å²) in [5, 5.41) is 43.1. The summed E-state index contributed by atoms with van der Waals surface area (Å²) in [4.78, 5) is 24.9. The Kier molecular flexibility index (Phi) is 896. The first-order valence-corrected chi connectivity index (χ1v) is 1.66. The van der Waals surface area contributed by atoms with Crippen LogP contribution < -0.4 is 0 Å². The molecule has 152 valence electrons. The first-order chi connectivity index (χ1) is 5.20. The molecule has 0 aromatic rings. The van der Waals surface area contributed by atoms with E-state index in [4.69, 9.17) is 46.0 Å². The zero-order valence-electron chi connectivity index (χ0n) is 9.91. The van der Waals surface area contributed by atoms with Gasteiger partial charge in [-0.1, -0.05) is 0 Å². The van der Waals surface area contributed by atoms with E-state index in [1.807, 2.05) is 0 Å². The van der Waals surface area contributed by atoms with E-state index in [1.54, 1.807) is 0 Å². The van der Waals surface area contributed by atoms with Gasteiger partial charge in [0.15, 0.2) is 0 Å². The molecule has 0 atom stereocenters. The van der Waals surface area contributed by atoms with Gasteiger partial charge in [-0.2, -0.15) is 0 Å². The fraction of sp³-hybridized carbons (Fsp3) is 0. The molecule has 0 rings (SSSR count). The third-order valence-electron chi connectivity index (χ3n) is 0. The summed E-state index contributed by atoms with van der Waals surface area (Å²) in [5.74, 6) is 0. The van der Waals surface area contributed by atoms with E-state index < -0.39 is 15.3 Å². The van der Waals surface area contributed by atoms with Crippen LogP contribution in [0.4, 0.5) is 0 Å². The SMILES string of the molecule is O.O.O.O.O.O.O.O.O.O=[N+]([O-])O.O=[N+]([O-])[O-].O=[N+]([O-])[O-].[Fe]. The van der Waals surface area contributed by atoms with Gasteiger partial charge in [-0.15, -0.1) is 10.1 Å². The first-order valence-electron chi connectivity index (χ1n) is 1.66. The topological polar surface area (TPSA) is 479 Å². The van der Waals surface area contributed by atoms with Gasteiger partial charge in [-0.05, 0) is 0 Å². The van der Waals surface area contributed by atoms with Crippen LogP contribution in [0.25, 0.3) is 0 Å². The Bertz CT molecular complexity index is 116. The summed E-state index contributed by atoms with van der Waals surface area (Å²) in [6.45, 7) is 0. The Hall–Kier alpha value is -2.24. The molecule has 0 aromatic heterocycles. The number of hydrogen-bond donors (Lipinski definition) is 1. The predicted octanol–water partition coefficient (Wildman–Crippen LogP) is -8.25. The number of hydrogen-bond acceptors (Lipinski definition) is 8. The molecule has 21 nitrogen and oxygen atoms in total. The van der Waals surface area contributed by atoms with Crippen LogP contribution in [0.1, 0.15) is 0 Å². The van der Waals surface area contributed by atoms with Gasteiger partial charge in [0.2, 0.25) is 0 Å². The minimum Gasteiger partial charge on any atom is -0.412 e. The molecule has 0 unspecified atom stereocenters. The molecule has 19 N–H and O–H groups in total. The number of nitrogens with zero attached hydrogens (tertiary/aromatic N) is 3. The number of rotatable bonds is 0. The van der Waals surface area contributed by atoms with E-state index in [0.717, 1.165) is 0 Å². The molecule has 0 aromatic carbocycles. The second-order valence-electron chi connectivity index (χ2n) is 0.685. The summed E-state index contributed by atoms with van der Waals surface area (Å²) in [6.07, 6.45) is 0. The van der Waals surface area contributed by atoms with E-state index in [2.05, 4.69) is 0 Å². The summed E-state index contributed by atoms with van der Waals surface area (Å²) in [5.41, 5.74) is 0. The van der Waals surface area contributed by atoms with Crippen molar-refractivity contribution < 1.29 is 86.8 Å². The van der Waals surface area contributed by atoms with Crippen LogP contribution in [0, 0.1) is 40.8 Å². The van der Waals surface area contributed by atoms with Gasteiger partial charge in [0.05, 0.1) is 10.2 Å². The molecule has 0 aliphatic heterocycles. The van der Waals surface area contributed by atoms with Crippen molar-refractivity contribution in [3.8, 4) is 0 Å². The molecular weight excluding hydrogens is 386 g/mol. The normalized spacial score (nSPS) is 3.27. The molecule has 0 bridgehead atoms.